The van der Waals surface area contributed by atoms with E-state index in [0.29, 0.717) is 19.6 Å². The number of rotatable bonds is 2. The molecule has 1 atom stereocenters. The highest BCUT2D eigenvalue weighted by Crippen LogP contribution is 2.08. The third kappa shape index (κ3) is 2.83. The molecule has 4 N–H and O–H groups in total. The lowest BCUT2D eigenvalue weighted by Gasteiger charge is -2.34. The van der Waals surface area contributed by atoms with E-state index in [4.69, 9.17) is 15.3 Å². The van der Waals surface area contributed by atoms with Crippen LogP contribution in [0.15, 0.2) is 0 Å². The molecule has 0 aromatic rings. The van der Waals surface area contributed by atoms with Crippen LogP contribution in [-0.4, -0.2) is 58.3 Å². The van der Waals surface area contributed by atoms with Crippen molar-refractivity contribution in [2.45, 2.75) is 18.8 Å². The van der Waals surface area contributed by atoms with Crippen molar-refractivity contribution in [2.75, 3.05) is 19.6 Å². The van der Waals surface area contributed by atoms with Gasteiger partial charge in [-0.1, -0.05) is 0 Å². The van der Waals surface area contributed by atoms with E-state index in [0.717, 1.165) is 0 Å². The molecule has 1 saturated heterocycles. The number of carboxylic acid groups (broad SMARTS) is 1. The average Bonchev–Trinajstić information content (AvgIpc) is 2.03. The van der Waals surface area contributed by atoms with Gasteiger partial charge in [0.05, 0.1) is 6.04 Å². The van der Waals surface area contributed by atoms with Gasteiger partial charge in [0, 0.05) is 26.1 Å². The van der Waals surface area contributed by atoms with Crippen LogP contribution in [0.1, 0.15) is 6.42 Å². The van der Waals surface area contributed by atoms with E-state index in [1.807, 2.05) is 0 Å². The fourth-order valence-electron chi connectivity index (χ4n) is 1.47. The zero-order valence-corrected chi connectivity index (χ0v) is 7.18. The van der Waals surface area contributed by atoms with Crippen LogP contribution in [0.2, 0.25) is 0 Å². The Morgan fingerprint density at radius 3 is 2.85 bits per heavy atom. The van der Waals surface area contributed by atoms with Crippen LogP contribution in [0.3, 0.4) is 0 Å². The highest BCUT2D eigenvalue weighted by molar-refractivity contribution is 5.65. The lowest BCUT2D eigenvalue weighted by atomic mass is 10.1. The van der Waals surface area contributed by atoms with Crippen LogP contribution in [0.5, 0.6) is 0 Å². The largest absolute Gasteiger partial charge is 0.465 e. The van der Waals surface area contributed by atoms with Gasteiger partial charge in [0.15, 0.2) is 6.29 Å². The molecule has 6 nitrogen and oxygen atoms in total. The predicted octanol–water partition coefficient (Wildman–Crippen LogP) is -1.36. The van der Waals surface area contributed by atoms with E-state index < -0.39 is 12.4 Å². The summed E-state index contributed by atoms with van der Waals surface area (Å²) in [7, 11) is 0. The molecule has 1 fully saturated rings. The standard InChI is InChI=1S/C7H14N2O4/c10-6(11)3-5-4-8-1-2-9(5)7(12)13/h5-6,8,10-11H,1-4H2,(H,12,13). The molecule has 1 rings (SSSR count). The number of amides is 1. The first-order valence-corrected chi connectivity index (χ1v) is 4.17. The first-order valence-electron chi connectivity index (χ1n) is 4.17. The molecule has 6 heteroatoms. The van der Waals surface area contributed by atoms with E-state index in [1.54, 1.807) is 0 Å². The van der Waals surface area contributed by atoms with Crippen molar-refractivity contribution in [1.29, 1.82) is 0 Å². The van der Waals surface area contributed by atoms with Crippen LogP contribution in [0.25, 0.3) is 0 Å². The van der Waals surface area contributed by atoms with Crippen molar-refractivity contribution in [3.8, 4) is 0 Å². The maximum absolute atomic E-state index is 10.7. The number of hydrogen-bond donors (Lipinski definition) is 4. The average molecular weight is 190 g/mol. The highest BCUT2D eigenvalue weighted by atomic mass is 16.5. The number of nitrogens with zero attached hydrogens (tertiary/aromatic N) is 1. The molecule has 13 heavy (non-hydrogen) atoms. The Bertz CT molecular complexity index is 185. The van der Waals surface area contributed by atoms with Crippen molar-refractivity contribution in [3.05, 3.63) is 0 Å². The van der Waals surface area contributed by atoms with Crippen LogP contribution < -0.4 is 5.32 Å². The SMILES string of the molecule is O=C(O)N1CCNCC1CC(O)O. The van der Waals surface area contributed by atoms with Crippen molar-refractivity contribution < 1.29 is 20.1 Å². The molecule has 1 aliphatic rings. The summed E-state index contributed by atoms with van der Waals surface area (Å²) in [5.74, 6) is 0. The maximum Gasteiger partial charge on any atom is 0.407 e. The van der Waals surface area contributed by atoms with Gasteiger partial charge in [-0.3, -0.25) is 0 Å². The van der Waals surface area contributed by atoms with Crippen molar-refractivity contribution >= 4 is 6.09 Å². The van der Waals surface area contributed by atoms with Gasteiger partial charge >= 0.3 is 6.09 Å². The van der Waals surface area contributed by atoms with Gasteiger partial charge < -0.3 is 25.5 Å². The van der Waals surface area contributed by atoms with Gasteiger partial charge in [0.25, 0.3) is 0 Å². The summed E-state index contributed by atoms with van der Waals surface area (Å²) < 4.78 is 0. The number of nitrogens with one attached hydrogen (secondary N) is 1. The number of carbonyl (C=O) groups is 1. The van der Waals surface area contributed by atoms with E-state index in [-0.39, 0.29) is 12.5 Å². The number of piperazine rings is 1. The van der Waals surface area contributed by atoms with Crippen LogP contribution >= 0.6 is 0 Å². The Balaban J connectivity index is 2.51. The van der Waals surface area contributed by atoms with E-state index in [2.05, 4.69) is 5.32 Å². The van der Waals surface area contributed by atoms with Gasteiger partial charge in [0.1, 0.15) is 0 Å². The minimum atomic E-state index is -1.45. The highest BCUT2D eigenvalue weighted by Gasteiger charge is 2.27. The fraction of sp³-hybridized carbons (Fsp3) is 0.857. The van der Waals surface area contributed by atoms with Gasteiger partial charge in [-0.15, -0.1) is 0 Å². The number of aliphatic hydroxyl groups is 2. The van der Waals surface area contributed by atoms with E-state index in [9.17, 15) is 4.79 Å². The molecular weight excluding hydrogens is 176 g/mol. The molecule has 1 unspecified atom stereocenters. The van der Waals surface area contributed by atoms with Crippen LogP contribution in [-0.2, 0) is 0 Å². The molecule has 1 amide bonds. The summed E-state index contributed by atoms with van der Waals surface area (Å²) in [6.07, 6.45) is -2.40. The lowest BCUT2D eigenvalue weighted by molar-refractivity contribution is -0.0616. The summed E-state index contributed by atoms with van der Waals surface area (Å²) in [5, 5.41) is 29.2. The van der Waals surface area contributed by atoms with Gasteiger partial charge in [0.2, 0.25) is 0 Å². The van der Waals surface area contributed by atoms with Crippen LogP contribution in [0.4, 0.5) is 4.79 Å². The Hall–Kier alpha value is -0.850. The fourth-order valence-corrected chi connectivity index (χ4v) is 1.47. The summed E-state index contributed by atoms with van der Waals surface area (Å²) in [6, 6.07) is -0.341. The maximum atomic E-state index is 10.7. The summed E-state index contributed by atoms with van der Waals surface area (Å²) >= 11 is 0. The van der Waals surface area contributed by atoms with Crippen molar-refractivity contribution in [3.63, 3.8) is 0 Å². The van der Waals surface area contributed by atoms with Gasteiger partial charge in [-0.05, 0) is 0 Å². The molecule has 0 bridgehead atoms. The Morgan fingerprint density at radius 2 is 2.31 bits per heavy atom. The van der Waals surface area contributed by atoms with Crippen LogP contribution in [0, 0.1) is 0 Å². The van der Waals surface area contributed by atoms with E-state index in [1.165, 1.54) is 4.90 Å². The Labute approximate surface area is 75.8 Å². The normalized spacial score (nSPS) is 23.6. The Kier molecular flexibility index (Phi) is 3.47. The van der Waals surface area contributed by atoms with Gasteiger partial charge in [-0.2, -0.15) is 0 Å². The lowest BCUT2D eigenvalue weighted by Crippen LogP contribution is -2.54. The number of hydrogen-bond acceptors (Lipinski definition) is 4. The monoisotopic (exact) mass is 190 g/mol. The quantitative estimate of drug-likeness (QED) is 0.403. The van der Waals surface area contributed by atoms with E-state index >= 15 is 0 Å². The smallest absolute Gasteiger partial charge is 0.407 e. The third-order valence-electron chi connectivity index (χ3n) is 2.08. The van der Waals surface area contributed by atoms with Crippen molar-refractivity contribution in [2.24, 2.45) is 0 Å². The summed E-state index contributed by atoms with van der Waals surface area (Å²) in [6.45, 7) is 1.49. The summed E-state index contributed by atoms with van der Waals surface area (Å²) in [5.41, 5.74) is 0. The van der Waals surface area contributed by atoms with Gasteiger partial charge in [-0.25, -0.2) is 4.79 Å². The first kappa shape index (κ1) is 10.2. The molecular formula is C7H14N2O4. The molecule has 1 heterocycles. The van der Waals surface area contributed by atoms with Crippen molar-refractivity contribution in [1.82, 2.24) is 10.2 Å². The summed E-state index contributed by atoms with van der Waals surface area (Å²) in [4.78, 5) is 11.9. The molecule has 0 aromatic carbocycles. The zero-order chi connectivity index (χ0) is 9.84. The zero-order valence-electron chi connectivity index (χ0n) is 7.18. The third-order valence-corrected chi connectivity index (χ3v) is 2.08. The minimum absolute atomic E-state index is 0.0549. The Morgan fingerprint density at radius 1 is 1.62 bits per heavy atom. The topological polar surface area (TPSA) is 93.0 Å². The second-order valence-electron chi connectivity index (χ2n) is 3.05. The molecule has 0 spiro atoms. The molecule has 0 aliphatic carbocycles. The first-order chi connectivity index (χ1) is 6.11. The predicted molar refractivity (Wildman–Crippen MR) is 44.2 cm³/mol. The number of aliphatic hydroxyl groups excluding tert-OH is 1. The second kappa shape index (κ2) is 4.40. The minimum Gasteiger partial charge on any atom is -0.465 e. The molecule has 76 valence electrons. The molecule has 0 saturated carbocycles. The molecule has 0 radical (unpaired) electrons. The second-order valence-corrected chi connectivity index (χ2v) is 3.05. The molecule has 0 aromatic heterocycles. The molecule has 1 aliphatic heterocycles.